The molecule has 0 spiro atoms. The Hall–Kier alpha value is -1.74. The van der Waals surface area contributed by atoms with Gasteiger partial charge in [0.2, 0.25) is 0 Å². The standard InChI is InChI=1S/C14H16Cl2F3N5O/c1-7-9(15)8(2)24(21-7)6-4-5-20-13(25)11-10(16)12(14(17,18)19)22-23(11)3/h4-6H2,1-3H3,(H,20,25). The summed E-state index contributed by atoms with van der Waals surface area (Å²) in [5.74, 6) is -0.720. The number of amides is 1. The van der Waals surface area contributed by atoms with Crippen LogP contribution in [-0.4, -0.2) is 32.0 Å². The van der Waals surface area contributed by atoms with Gasteiger partial charge < -0.3 is 5.32 Å². The van der Waals surface area contributed by atoms with E-state index in [2.05, 4.69) is 15.5 Å². The van der Waals surface area contributed by atoms with Crippen LogP contribution in [0.15, 0.2) is 0 Å². The van der Waals surface area contributed by atoms with Crippen LogP contribution in [0, 0.1) is 13.8 Å². The summed E-state index contributed by atoms with van der Waals surface area (Å²) in [6.07, 6.45) is -4.20. The molecule has 2 heterocycles. The molecule has 0 aliphatic carbocycles. The highest BCUT2D eigenvalue weighted by Crippen LogP contribution is 2.35. The molecule has 0 bridgehead atoms. The molecule has 0 saturated heterocycles. The third kappa shape index (κ3) is 4.09. The molecule has 0 atom stereocenters. The van der Waals surface area contributed by atoms with E-state index in [1.807, 2.05) is 6.92 Å². The van der Waals surface area contributed by atoms with Crippen LogP contribution in [0.5, 0.6) is 0 Å². The lowest BCUT2D eigenvalue weighted by Crippen LogP contribution is -2.27. The van der Waals surface area contributed by atoms with Gasteiger partial charge in [0, 0.05) is 20.1 Å². The first-order valence-electron chi connectivity index (χ1n) is 7.31. The SMILES string of the molecule is Cc1nn(CCCNC(=O)c2c(Cl)c(C(F)(F)F)nn2C)c(C)c1Cl. The fourth-order valence-corrected chi connectivity index (χ4v) is 2.82. The number of carbonyl (C=O) groups excluding carboxylic acids is 1. The number of hydrogen-bond acceptors (Lipinski definition) is 3. The molecule has 0 saturated carbocycles. The number of aromatic nitrogens is 4. The highest BCUT2D eigenvalue weighted by molar-refractivity contribution is 6.34. The summed E-state index contributed by atoms with van der Waals surface area (Å²) in [7, 11) is 1.23. The first-order chi connectivity index (χ1) is 11.5. The third-order valence-electron chi connectivity index (χ3n) is 3.60. The van der Waals surface area contributed by atoms with Crippen LogP contribution in [0.3, 0.4) is 0 Å². The van der Waals surface area contributed by atoms with Crippen molar-refractivity contribution in [1.82, 2.24) is 24.9 Å². The quantitative estimate of drug-likeness (QED) is 0.786. The maximum atomic E-state index is 12.8. The molecule has 0 aliphatic rings. The van der Waals surface area contributed by atoms with E-state index in [1.165, 1.54) is 7.05 Å². The summed E-state index contributed by atoms with van der Waals surface area (Å²) < 4.78 is 40.8. The summed E-state index contributed by atoms with van der Waals surface area (Å²) in [6, 6.07) is 0. The van der Waals surface area contributed by atoms with Crippen molar-refractivity contribution in [3.05, 3.63) is 32.8 Å². The molecule has 1 N–H and O–H groups in total. The van der Waals surface area contributed by atoms with E-state index in [0.29, 0.717) is 23.7 Å². The average molecular weight is 398 g/mol. The van der Waals surface area contributed by atoms with Gasteiger partial charge in [-0.2, -0.15) is 23.4 Å². The van der Waals surface area contributed by atoms with Gasteiger partial charge in [-0.1, -0.05) is 23.2 Å². The van der Waals surface area contributed by atoms with E-state index >= 15 is 0 Å². The van der Waals surface area contributed by atoms with Crippen LogP contribution in [0.2, 0.25) is 10.0 Å². The molecule has 2 rings (SSSR count). The second kappa shape index (κ2) is 7.25. The molecule has 138 valence electrons. The number of aryl methyl sites for hydroxylation is 3. The summed E-state index contributed by atoms with van der Waals surface area (Å²) in [5, 5.41) is 9.94. The smallest absolute Gasteiger partial charge is 0.351 e. The molecule has 0 aromatic carbocycles. The van der Waals surface area contributed by atoms with Crippen LogP contribution in [-0.2, 0) is 19.8 Å². The Morgan fingerprint density at radius 2 is 1.84 bits per heavy atom. The predicted molar refractivity (Wildman–Crippen MR) is 86.9 cm³/mol. The van der Waals surface area contributed by atoms with E-state index in [9.17, 15) is 18.0 Å². The summed E-state index contributed by atoms with van der Waals surface area (Å²) in [5.41, 5.74) is -0.0817. The zero-order valence-electron chi connectivity index (χ0n) is 13.7. The summed E-state index contributed by atoms with van der Waals surface area (Å²) in [4.78, 5) is 12.1. The lowest BCUT2D eigenvalue weighted by Gasteiger charge is -2.07. The molecule has 0 unspecified atom stereocenters. The van der Waals surface area contributed by atoms with Gasteiger partial charge in [-0.3, -0.25) is 14.2 Å². The van der Waals surface area contributed by atoms with Crippen LogP contribution >= 0.6 is 23.2 Å². The molecule has 6 nitrogen and oxygen atoms in total. The van der Waals surface area contributed by atoms with Crippen LogP contribution in [0.25, 0.3) is 0 Å². The van der Waals surface area contributed by atoms with Gasteiger partial charge in [0.1, 0.15) is 10.7 Å². The second-order valence-electron chi connectivity index (χ2n) is 5.45. The van der Waals surface area contributed by atoms with Crippen molar-refractivity contribution in [3.8, 4) is 0 Å². The molecule has 11 heteroatoms. The van der Waals surface area contributed by atoms with Crippen molar-refractivity contribution >= 4 is 29.1 Å². The fraction of sp³-hybridized carbons (Fsp3) is 0.500. The first-order valence-corrected chi connectivity index (χ1v) is 8.07. The summed E-state index contributed by atoms with van der Waals surface area (Å²) in [6.45, 7) is 4.36. The topological polar surface area (TPSA) is 64.7 Å². The Labute approximate surface area is 151 Å². The van der Waals surface area contributed by atoms with Gasteiger partial charge in [0.15, 0.2) is 5.69 Å². The molecule has 25 heavy (non-hydrogen) atoms. The molecule has 0 fully saturated rings. The van der Waals surface area contributed by atoms with E-state index < -0.39 is 22.8 Å². The van der Waals surface area contributed by atoms with Crippen molar-refractivity contribution in [2.24, 2.45) is 7.05 Å². The lowest BCUT2D eigenvalue weighted by molar-refractivity contribution is -0.141. The second-order valence-corrected chi connectivity index (χ2v) is 6.21. The van der Waals surface area contributed by atoms with Crippen molar-refractivity contribution < 1.29 is 18.0 Å². The molecular formula is C14H16Cl2F3N5O. The highest BCUT2D eigenvalue weighted by Gasteiger charge is 2.39. The fourth-order valence-electron chi connectivity index (χ4n) is 2.33. The number of alkyl halides is 3. The van der Waals surface area contributed by atoms with E-state index in [1.54, 1.807) is 11.6 Å². The average Bonchev–Trinajstić information content (AvgIpc) is 2.94. The Bertz CT molecular complexity index is 797. The predicted octanol–water partition coefficient (Wildman–Crippen LogP) is 3.38. The minimum absolute atomic E-state index is 0.234. The van der Waals surface area contributed by atoms with Gasteiger partial charge in [-0.25, -0.2) is 0 Å². The number of nitrogens with zero attached hydrogens (tertiary/aromatic N) is 4. The minimum Gasteiger partial charge on any atom is -0.351 e. The van der Waals surface area contributed by atoms with Crippen LogP contribution in [0.4, 0.5) is 13.2 Å². The van der Waals surface area contributed by atoms with Gasteiger partial charge in [-0.05, 0) is 20.3 Å². The molecule has 2 aromatic rings. The van der Waals surface area contributed by atoms with Crippen molar-refractivity contribution in [2.75, 3.05) is 6.54 Å². The van der Waals surface area contributed by atoms with E-state index in [0.717, 1.165) is 10.4 Å². The van der Waals surface area contributed by atoms with Crippen molar-refractivity contribution in [2.45, 2.75) is 33.0 Å². The first kappa shape index (κ1) is 19.6. The van der Waals surface area contributed by atoms with Gasteiger partial charge in [-0.15, -0.1) is 0 Å². The Morgan fingerprint density at radius 1 is 1.20 bits per heavy atom. The Morgan fingerprint density at radius 3 is 2.32 bits per heavy atom. The maximum absolute atomic E-state index is 12.8. The molecule has 0 aliphatic heterocycles. The number of hydrogen-bond donors (Lipinski definition) is 1. The molecule has 2 aromatic heterocycles. The number of rotatable bonds is 5. The van der Waals surface area contributed by atoms with E-state index in [4.69, 9.17) is 23.2 Å². The minimum atomic E-state index is -4.72. The zero-order chi connectivity index (χ0) is 18.9. The van der Waals surface area contributed by atoms with Gasteiger partial charge in [0.05, 0.1) is 16.4 Å². The van der Waals surface area contributed by atoms with Crippen LogP contribution in [0.1, 0.15) is 34.0 Å². The van der Waals surface area contributed by atoms with Crippen LogP contribution < -0.4 is 5.32 Å². The van der Waals surface area contributed by atoms with Gasteiger partial charge in [0.25, 0.3) is 5.91 Å². The Kier molecular flexibility index (Phi) is 5.68. The molecule has 0 radical (unpaired) electrons. The van der Waals surface area contributed by atoms with Gasteiger partial charge >= 0.3 is 6.18 Å². The monoisotopic (exact) mass is 397 g/mol. The summed E-state index contributed by atoms with van der Waals surface area (Å²) >= 11 is 11.7. The number of nitrogens with one attached hydrogen (secondary N) is 1. The molecule has 1 amide bonds. The van der Waals surface area contributed by atoms with Crippen molar-refractivity contribution in [3.63, 3.8) is 0 Å². The number of halogens is 5. The highest BCUT2D eigenvalue weighted by atomic mass is 35.5. The Balaban J connectivity index is 1.97. The third-order valence-corrected chi connectivity index (χ3v) is 4.50. The van der Waals surface area contributed by atoms with Crippen molar-refractivity contribution in [1.29, 1.82) is 0 Å². The zero-order valence-corrected chi connectivity index (χ0v) is 15.2. The number of carbonyl (C=O) groups is 1. The molecular weight excluding hydrogens is 382 g/mol. The maximum Gasteiger partial charge on any atom is 0.436 e. The lowest BCUT2D eigenvalue weighted by atomic mass is 10.3. The van der Waals surface area contributed by atoms with E-state index in [-0.39, 0.29) is 12.2 Å². The normalized spacial score (nSPS) is 11.8. The largest absolute Gasteiger partial charge is 0.436 e.